The first-order chi connectivity index (χ1) is 22.5. The van der Waals surface area contributed by atoms with Crippen LogP contribution in [0.5, 0.6) is 0 Å². The molecule has 0 aromatic rings. The number of primary amides is 1. The number of aliphatic hydroxyl groups is 1. The second-order valence-electron chi connectivity index (χ2n) is 16.6. The maximum atomic E-state index is 14.5. The van der Waals surface area contributed by atoms with Gasteiger partial charge in [-0.1, -0.05) is 86.1 Å². The average molecular weight is 689 g/mol. The van der Waals surface area contributed by atoms with Crippen LogP contribution in [-0.2, 0) is 14.4 Å². The maximum absolute atomic E-state index is 14.5. The smallest absolute Gasteiger partial charge is 0.315 e. The summed E-state index contributed by atoms with van der Waals surface area (Å²) in [5, 5.41) is 19.9. The maximum Gasteiger partial charge on any atom is 0.315 e. The zero-order chi connectivity index (χ0) is 35.3. The number of allylic oxidation sites excluding steroid dienone is 1. The third-order valence-corrected chi connectivity index (χ3v) is 12.6. The Morgan fingerprint density at radius 1 is 1.08 bits per heavy atom. The molecule has 5 unspecified atom stereocenters. The molecule has 0 aromatic heterocycles. The summed E-state index contributed by atoms with van der Waals surface area (Å²) in [6.07, 6.45) is 13.0. The molecule has 6 N–H and O–H groups in total. The molecule has 0 aromatic carbocycles. The lowest BCUT2D eigenvalue weighted by atomic mass is 9.79. The fraction of sp³-hybridized carbons (Fsp3) is 0.806. The van der Waals surface area contributed by atoms with Crippen molar-refractivity contribution in [1.29, 1.82) is 0 Å². The molecule has 270 valence electrons. The van der Waals surface area contributed by atoms with Gasteiger partial charge in [0.2, 0.25) is 17.7 Å². The number of carbonyl (C=O) groups is 4. The fourth-order valence-corrected chi connectivity index (χ4v) is 8.97. The van der Waals surface area contributed by atoms with Crippen LogP contribution in [-0.4, -0.2) is 94.3 Å². The molecule has 2 saturated carbocycles. The van der Waals surface area contributed by atoms with Crippen LogP contribution < -0.4 is 21.7 Å². The Hall–Kier alpha value is -2.60. The summed E-state index contributed by atoms with van der Waals surface area (Å²) in [7, 11) is 0. The Kier molecular flexibility index (Phi) is 12.7. The molecule has 48 heavy (non-hydrogen) atoms. The van der Waals surface area contributed by atoms with Gasteiger partial charge in [0.1, 0.15) is 12.1 Å². The fourth-order valence-electron chi connectivity index (χ4n) is 7.58. The minimum Gasteiger partial charge on any atom is -0.381 e. The Labute approximate surface area is 291 Å². The molecule has 3 fully saturated rings. The van der Waals surface area contributed by atoms with E-state index < -0.39 is 46.9 Å². The molecule has 2 aliphatic carbocycles. The van der Waals surface area contributed by atoms with Crippen molar-refractivity contribution >= 4 is 41.7 Å². The van der Waals surface area contributed by atoms with Gasteiger partial charge in [-0.05, 0) is 48.0 Å². The SMILES string of the molecule is CC1C(C(=O)NC(CC2CCC2)C(O)C(N)=O)N(C(=O)[C@@H](NC(=O)NC2(CSCC3C=CC=NC3)CCCCC2)C(C)(C)C)CC1(C)C. The van der Waals surface area contributed by atoms with Crippen LogP contribution in [0.2, 0.25) is 0 Å². The summed E-state index contributed by atoms with van der Waals surface area (Å²) in [4.78, 5) is 60.3. The molecule has 2 heterocycles. The van der Waals surface area contributed by atoms with Gasteiger partial charge >= 0.3 is 6.03 Å². The summed E-state index contributed by atoms with van der Waals surface area (Å²) in [6, 6.07) is -2.94. The van der Waals surface area contributed by atoms with E-state index in [9.17, 15) is 24.3 Å². The number of amides is 5. The first-order valence-electron chi connectivity index (χ1n) is 17.9. The molecular formula is C36H60N6O5S. The number of thioether (sulfide) groups is 1. The van der Waals surface area contributed by atoms with Crippen molar-refractivity contribution in [2.45, 2.75) is 129 Å². The Morgan fingerprint density at radius 2 is 1.77 bits per heavy atom. The number of aliphatic hydroxyl groups excluding tert-OH is 1. The number of nitrogens with two attached hydrogens (primary N) is 1. The number of hydrogen-bond acceptors (Lipinski definition) is 7. The highest BCUT2D eigenvalue weighted by Crippen LogP contribution is 2.41. The van der Waals surface area contributed by atoms with Gasteiger partial charge in [0.25, 0.3) is 0 Å². The molecule has 0 radical (unpaired) electrons. The second kappa shape index (κ2) is 16.0. The van der Waals surface area contributed by atoms with Gasteiger partial charge in [0.05, 0.1) is 11.6 Å². The standard InChI is InChI=1S/C36H60N6O5S/c1-23-27(31(45)39-26(28(43)30(37)44)18-24-12-10-13-24)42(21-35(23,5)6)32(46)29(34(2,3)4)40-33(47)41-36(15-8-7-9-16-36)22-48-20-25-14-11-17-38-19-25/h11,14,17,23-29,43H,7-10,12-13,15-16,18-22H2,1-6H3,(H2,37,44)(H,39,45)(H2,40,41,47)/t23?,25?,26?,27?,28?,29-/m1/s1. The van der Waals surface area contributed by atoms with Gasteiger partial charge in [-0.2, -0.15) is 11.8 Å². The molecule has 2 aliphatic heterocycles. The minimum atomic E-state index is -1.52. The number of dihydropyridines is 1. The lowest BCUT2D eigenvalue weighted by Crippen LogP contribution is -2.63. The van der Waals surface area contributed by atoms with E-state index in [4.69, 9.17) is 5.73 Å². The first kappa shape index (κ1) is 38.2. The second-order valence-corrected chi connectivity index (χ2v) is 17.6. The topological polar surface area (TPSA) is 166 Å². The Bertz CT molecular complexity index is 1220. The highest BCUT2D eigenvalue weighted by Gasteiger charge is 2.52. The van der Waals surface area contributed by atoms with Crippen LogP contribution in [0.3, 0.4) is 0 Å². The highest BCUT2D eigenvalue weighted by atomic mass is 32.2. The molecule has 5 amide bonds. The highest BCUT2D eigenvalue weighted by molar-refractivity contribution is 7.99. The molecule has 12 heteroatoms. The summed E-state index contributed by atoms with van der Waals surface area (Å²) in [5.74, 6) is 0.577. The largest absolute Gasteiger partial charge is 0.381 e. The third-order valence-electron chi connectivity index (χ3n) is 11.2. The third kappa shape index (κ3) is 9.55. The molecule has 6 atom stereocenters. The van der Waals surface area contributed by atoms with Crippen molar-refractivity contribution in [2.24, 2.45) is 39.3 Å². The van der Waals surface area contributed by atoms with Crippen molar-refractivity contribution in [3.05, 3.63) is 12.2 Å². The molecule has 11 nitrogen and oxygen atoms in total. The van der Waals surface area contributed by atoms with Crippen LogP contribution in [0, 0.1) is 28.6 Å². The first-order valence-corrected chi connectivity index (χ1v) is 19.1. The Morgan fingerprint density at radius 3 is 2.33 bits per heavy atom. The predicted molar refractivity (Wildman–Crippen MR) is 192 cm³/mol. The lowest BCUT2D eigenvalue weighted by Gasteiger charge is -2.40. The van der Waals surface area contributed by atoms with Crippen LogP contribution in [0.15, 0.2) is 17.1 Å². The van der Waals surface area contributed by atoms with E-state index in [1.807, 2.05) is 65.6 Å². The van der Waals surface area contributed by atoms with E-state index in [1.54, 1.807) is 4.90 Å². The zero-order valence-electron chi connectivity index (χ0n) is 29.9. The molecule has 0 spiro atoms. The van der Waals surface area contributed by atoms with Crippen molar-refractivity contribution in [2.75, 3.05) is 24.6 Å². The van der Waals surface area contributed by atoms with Crippen molar-refractivity contribution in [1.82, 2.24) is 20.9 Å². The van der Waals surface area contributed by atoms with E-state index in [0.29, 0.717) is 24.8 Å². The van der Waals surface area contributed by atoms with Crippen LogP contribution >= 0.6 is 11.8 Å². The van der Waals surface area contributed by atoms with Gasteiger partial charge < -0.3 is 31.7 Å². The van der Waals surface area contributed by atoms with Crippen molar-refractivity contribution in [3.8, 4) is 0 Å². The van der Waals surface area contributed by atoms with Gasteiger partial charge in [0.15, 0.2) is 6.10 Å². The summed E-state index contributed by atoms with van der Waals surface area (Å²) in [5.41, 5.74) is 4.06. The monoisotopic (exact) mass is 688 g/mol. The number of aliphatic imine (C=N–C) groups is 1. The number of urea groups is 1. The summed E-state index contributed by atoms with van der Waals surface area (Å²) >= 11 is 1.84. The van der Waals surface area contributed by atoms with Crippen LogP contribution in [0.1, 0.15) is 99.3 Å². The molecular weight excluding hydrogens is 628 g/mol. The molecule has 4 rings (SSSR count). The predicted octanol–water partition coefficient (Wildman–Crippen LogP) is 3.79. The zero-order valence-corrected chi connectivity index (χ0v) is 30.7. The number of carbonyl (C=O) groups excluding carboxylic acids is 4. The summed E-state index contributed by atoms with van der Waals surface area (Å²) < 4.78 is 0. The number of likely N-dealkylation sites (tertiary alicyclic amines) is 1. The minimum absolute atomic E-state index is 0.224. The van der Waals surface area contributed by atoms with Crippen LogP contribution in [0.25, 0.3) is 0 Å². The Balaban J connectivity index is 1.49. The number of rotatable bonds is 13. The van der Waals surface area contributed by atoms with Gasteiger partial charge in [-0.25, -0.2) is 4.79 Å². The average Bonchev–Trinajstić information content (AvgIpc) is 3.24. The molecule has 0 bridgehead atoms. The molecule has 4 aliphatic rings. The lowest BCUT2D eigenvalue weighted by molar-refractivity contribution is -0.143. The number of nitrogens with zero attached hydrogens (tertiary/aromatic N) is 2. The van der Waals surface area contributed by atoms with Gasteiger partial charge in [0, 0.05) is 36.7 Å². The number of hydrogen-bond donors (Lipinski definition) is 5. The van der Waals surface area contributed by atoms with E-state index in [2.05, 4.69) is 27.0 Å². The van der Waals surface area contributed by atoms with Crippen molar-refractivity contribution in [3.63, 3.8) is 0 Å². The van der Waals surface area contributed by atoms with Crippen LogP contribution in [0.4, 0.5) is 4.79 Å². The molecule has 1 saturated heterocycles. The quantitative estimate of drug-likeness (QED) is 0.198. The van der Waals surface area contributed by atoms with E-state index in [-0.39, 0.29) is 23.4 Å². The van der Waals surface area contributed by atoms with E-state index >= 15 is 0 Å². The van der Waals surface area contributed by atoms with Gasteiger partial charge in [-0.15, -0.1) is 0 Å². The van der Waals surface area contributed by atoms with E-state index in [1.165, 1.54) is 0 Å². The summed E-state index contributed by atoms with van der Waals surface area (Å²) in [6.45, 7) is 12.9. The number of nitrogens with one attached hydrogen (secondary N) is 3. The van der Waals surface area contributed by atoms with Gasteiger partial charge in [-0.3, -0.25) is 19.4 Å². The normalized spacial score (nSPS) is 27.0. The van der Waals surface area contributed by atoms with E-state index in [0.717, 1.165) is 69.4 Å². The van der Waals surface area contributed by atoms with Crippen molar-refractivity contribution < 1.29 is 24.3 Å².